The molecule has 0 saturated carbocycles. The highest BCUT2D eigenvalue weighted by Crippen LogP contribution is 2.42. The molecule has 2 aliphatic heterocycles. The third-order valence-electron chi connectivity index (χ3n) is 4.58. The molecular formula is C16H19N3O5S. The average Bonchev–Trinajstić information content (AvgIpc) is 2.59. The van der Waals surface area contributed by atoms with Gasteiger partial charge >= 0.3 is 5.97 Å². The van der Waals surface area contributed by atoms with Crippen molar-refractivity contribution in [3.63, 3.8) is 0 Å². The van der Waals surface area contributed by atoms with E-state index in [4.69, 9.17) is 5.73 Å². The number of carboxylic acids is 1. The lowest BCUT2D eigenvalue weighted by Gasteiger charge is -2.53. The number of carbonyl (C=O) groups excluding carboxylic acids is 2. The monoisotopic (exact) mass is 365 g/mol. The number of amides is 2. The van der Waals surface area contributed by atoms with Crippen LogP contribution in [0.4, 0.5) is 0 Å². The largest absolute Gasteiger partial charge is 0.508 e. The first-order valence-electron chi connectivity index (χ1n) is 7.73. The van der Waals surface area contributed by atoms with Crippen LogP contribution in [0.3, 0.4) is 0 Å². The Labute approximate surface area is 148 Å². The minimum absolute atomic E-state index is 0.0706. The number of rotatable bonds is 4. The van der Waals surface area contributed by atoms with Gasteiger partial charge in [-0.2, -0.15) is 0 Å². The molecule has 25 heavy (non-hydrogen) atoms. The van der Waals surface area contributed by atoms with Gasteiger partial charge in [0.1, 0.15) is 23.2 Å². The van der Waals surface area contributed by atoms with E-state index in [1.54, 1.807) is 19.1 Å². The summed E-state index contributed by atoms with van der Waals surface area (Å²) in [5, 5.41) is 20.9. The molecule has 2 amide bonds. The van der Waals surface area contributed by atoms with Crippen LogP contribution in [0.1, 0.15) is 18.5 Å². The second-order valence-corrected chi connectivity index (χ2v) is 7.69. The Balaban J connectivity index is 1.63. The fourth-order valence-electron chi connectivity index (χ4n) is 2.91. The maximum absolute atomic E-state index is 12.3. The van der Waals surface area contributed by atoms with E-state index in [9.17, 15) is 24.6 Å². The Kier molecular flexibility index (Phi) is 4.38. The number of phenolic OH excluding ortho intramolecular Hbond substituents is 1. The Morgan fingerprint density at radius 1 is 1.40 bits per heavy atom. The molecule has 2 saturated heterocycles. The number of nitrogens with two attached hydrogens (primary N) is 1. The number of carboxylic acid groups (broad SMARTS) is 1. The van der Waals surface area contributed by atoms with Gasteiger partial charge in [0.05, 0.1) is 5.41 Å². The Morgan fingerprint density at radius 2 is 2.04 bits per heavy atom. The SMILES string of the molecule is CC1(C(=O)O)CS[C@@H]2C(NC(=O)C(N)c3ccc(O)cc3)C(=O)N2C1. The van der Waals surface area contributed by atoms with Crippen molar-refractivity contribution in [1.29, 1.82) is 0 Å². The third kappa shape index (κ3) is 3.05. The molecule has 4 atom stereocenters. The molecule has 3 rings (SSSR count). The number of nitrogens with zero attached hydrogens (tertiary/aromatic N) is 1. The number of hydrogen-bond acceptors (Lipinski definition) is 6. The van der Waals surface area contributed by atoms with Crippen LogP contribution in [0, 0.1) is 5.41 Å². The molecule has 2 aliphatic rings. The molecule has 9 heteroatoms. The van der Waals surface area contributed by atoms with E-state index in [2.05, 4.69) is 5.32 Å². The molecule has 8 nitrogen and oxygen atoms in total. The lowest BCUT2D eigenvalue weighted by Crippen LogP contribution is -2.73. The number of benzene rings is 1. The summed E-state index contributed by atoms with van der Waals surface area (Å²) in [5.41, 5.74) is 5.45. The van der Waals surface area contributed by atoms with Gasteiger partial charge in [0.2, 0.25) is 11.8 Å². The fourth-order valence-corrected chi connectivity index (χ4v) is 4.40. The second-order valence-electron chi connectivity index (χ2n) is 6.59. The normalized spacial score (nSPS) is 29.4. The average molecular weight is 365 g/mol. The molecule has 2 fully saturated rings. The molecule has 134 valence electrons. The Morgan fingerprint density at radius 3 is 2.64 bits per heavy atom. The van der Waals surface area contributed by atoms with Crippen LogP contribution in [-0.2, 0) is 14.4 Å². The van der Waals surface area contributed by atoms with Crippen LogP contribution in [-0.4, -0.2) is 56.6 Å². The summed E-state index contributed by atoms with van der Waals surface area (Å²) in [4.78, 5) is 37.4. The molecule has 3 unspecified atom stereocenters. The molecule has 0 aliphatic carbocycles. The van der Waals surface area contributed by atoms with Gasteiger partial charge in [-0.25, -0.2) is 0 Å². The van der Waals surface area contributed by atoms with Crippen LogP contribution in [0.5, 0.6) is 5.75 Å². The number of aliphatic carboxylic acids is 1. The number of fused-ring (bicyclic) bond motifs is 1. The molecule has 1 aromatic carbocycles. The summed E-state index contributed by atoms with van der Waals surface area (Å²) in [6, 6.07) is 4.30. The van der Waals surface area contributed by atoms with E-state index >= 15 is 0 Å². The van der Waals surface area contributed by atoms with Gasteiger partial charge < -0.3 is 26.2 Å². The van der Waals surface area contributed by atoms with Crippen molar-refractivity contribution in [3.05, 3.63) is 29.8 Å². The van der Waals surface area contributed by atoms with E-state index < -0.39 is 29.4 Å². The van der Waals surface area contributed by atoms with Crippen molar-refractivity contribution < 1.29 is 24.6 Å². The molecule has 5 N–H and O–H groups in total. The highest BCUT2D eigenvalue weighted by atomic mass is 32.2. The van der Waals surface area contributed by atoms with E-state index in [1.165, 1.54) is 28.8 Å². The zero-order chi connectivity index (χ0) is 18.4. The highest BCUT2D eigenvalue weighted by Gasteiger charge is 2.56. The van der Waals surface area contributed by atoms with Gasteiger partial charge in [-0.3, -0.25) is 14.4 Å². The van der Waals surface area contributed by atoms with Crippen molar-refractivity contribution >= 4 is 29.5 Å². The highest BCUT2D eigenvalue weighted by molar-refractivity contribution is 8.00. The van der Waals surface area contributed by atoms with Gasteiger partial charge in [-0.15, -0.1) is 11.8 Å². The summed E-state index contributed by atoms with van der Waals surface area (Å²) in [5.74, 6) is -1.28. The first kappa shape index (κ1) is 17.6. The maximum Gasteiger partial charge on any atom is 0.312 e. The summed E-state index contributed by atoms with van der Waals surface area (Å²) < 4.78 is 0. The minimum Gasteiger partial charge on any atom is -0.508 e. The van der Waals surface area contributed by atoms with Crippen molar-refractivity contribution in [3.8, 4) is 5.75 Å². The smallest absolute Gasteiger partial charge is 0.312 e. The number of β-lactam (4-membered cyclic amide) rings is 1. The van der Waals surface area contributed by atoms with Crippen LogP contribution in [0.25, 0.3) is 0 Å². The summed E-state index contributed by atoms with van der Waals surface area (Å²) >= 11 is 1.35. The minimum atomic E-state index is -0.978. The van der Waals surface area contributed by atoms with E-state index in [1.807, 2.05) is 0 Å². The molecule has 0 radical (unpaired) electrons. The van der Waals surface area contributed by atoms with E-state index in [0.29, 0.717) is 11.3 Å². The fraction of sp³-hybridized carbons (Fsp3) is 0.438. The first-order valence-corrected chi connectivity index (χ1v) is 8.78. The lowest BCUT2D eigenvalue weighted by molar-refractivity contribution is -0.158. The number of carbonyl (C=O) groups is 3. The summed E-state index contributed by atoms with van der Waals surface area (Å²) in [7, 11) is 0. The van der Waals surface area contributed by atoms with Gasteiger partial charge in [0.25, 0.3) is 0 Å². The van der Waals surface area contributed by atoms with Crippen LogP contribution < -0.4 is 11.1 Å². The number of nitrogens with one attached hydrogen (secondary N) is 1. The van der Waals surface area contributed by atoms with Gasteiger partial charge in [0, 0.05) is 12.3 Å². The first-order chi connectivity index (χ1) is 11.7. The zero-order valence-electron chi connectivity index (χ0n) is 13.5. The van der Waals surface area contributed by atoms with E-state index in [0.717, 1.165) is 0 Å². The number of thioether (sulfide) groups is 1. The standard InChI is InChI=1S/C16H19N3O5S/c1-16(15(23)24)6-19-13(22)11(14(19)25-7-16)18-12(21)10(17)8-2-4-9(20)5-3-8/h2-5,10-11,14,20H,6-7,17H2,1H3,(H,18,21)(H,23,24)/t10?,11?,14-,16?/m1/s1. The van der Waals surface area contributed by atoms with Crippen molar-refractivity contribution in [1.82, 2.24) is 10.2 Å². The summed E-state index contributed by atoms with van der Waals surface area (Å²) in [6.45, 7) is 1.74. The van der Waals surface area contributed by atoms with Crippen LogP contribution in [0.2, 0.25) is 0 Å². The number of hydrogen-bond donors (Lipinski definition) is 4. The van der Waals surface area contributed by atoms with Crippen LogP contribution >= 0.6 is 11.8 Å². The van der Waals surface area contributed by atoms with Crippen molar-refractivity contribution in [2.75, 3.05) is 12.3 Å². The Bertz CT molecular complexity index is 725. The Hall–Kier alpha value is -2.26. The van der Waals surface area contributed by atoms with E-state index in [-0.39, 0.29) is 23.6 Å². The van der Waals surface area contributed by atoms with Crippen molar-refractivity contribution in [2.24, 2.45) is 11.1 Å². The van der Waals surface area contributed by atoms with Gasteiger partial charge in [-0.1, -0.05) is 12.1 Å². The topological polar surface area (TPSA) is 133 Å². The predicted molar refractivity (Wildman–Crippen MR) is 90.7 cm³/mol. The molecule has 1 aromatic rings. The number of phenols is 1. The third-order valence-corrected chi connectivity index (χ3v) is 6.25. The van der Waals surface area contributed by atoms with Crippen molar-refractivity contribution in [2.45, 2.75) is 24.4 Å². The molecule has 0 spiro atoms. The maximum atomic E-state index is 12.3. The quantitative estimate of drug-likeness (QED) is 0.547. The van der Waals surface area contributed by atoms with Crippen LogP contribution in [0.15, 0.2) is 24.3 Å². The predicted octanol–water partition coefficient (Wildman–Crippen LogP) is -0.117. The van der Waals surface area contributed by atoms with Gasteiger partial charge in [-0.05, 0) is 24.6 Å². The second kappa shape index (κ2) is 6.23. The zero-order valence-corrected chi connectivity index (χ0v) is 14.3. The molecule has 0 bridgehead atoms. The lowest BCUT2D eigenvalue weighted by atomic mass is 9.89. The molecule has 2 heterocycles. The molecular weight excluding hydrogens is 346 g/mol. The number of aromatic hydroxyl groups is 1. The molecule has 0 aromatic heterocycles. The van der Waals surface area contributed by atoms with Gasteiger partial charge in [0.15, 0.2) is 0 Å². The summed E-state index contributed by atoms with van der Waals surface area (Å²) in [6.07, 6.45) is 0.